The summed E-state index contributed by atoms with van der Waals surface area (Å²) in [4.78, 5) is 0.252. The highest BCUT2D eigenvalue weighted by atomic mass is 79.9. The van der Waals surface area contributed by atoms with Crippen LogP contribution in [0.25, 0.3) is 0 Å². The number of nitrogens with two attached hydrogens (primary N) is 1. The summed E-state index contributed by atoms with van der Waals surface area (Å²) in [6.45, 7) is 3.34. The van der Waals surface area contributed by atoms with Crippen LogP contribution < -0.4 is 5.73 Å². The fourth-order valence-electron chi connectivity index (χ4n) is 1.99. The number of anilines is 1. The Balaban J connectivity index is 2.32. The van der Waals surface area contributed by atoms with Crippen LogP contribution in [0.2, 0.25) is 0 Å². The Kier molecular flexibility index (Phi) is 4.50. The molecule has 1 aromatic rings. The van der Waals surface area contributed by atoms with Crippen LogP contribution in [0.15, 0.2) is 27.6 Å². The van der Waals surface area contributed by atoms with Crippen molar-refractivity contribution in [2.24, 2.45) is 0 Å². The molecule has 1 atom stereocenters. The van der Waals surface area contributed by atoms with Gasteiger partial charge in [0.05, 0.1) is 11.0 Å². The number of sulfonamides is 1. The van der Waals surface area contributed by atoms with Gasteiger partial charge in [0.25, 0.3) is 0 Å². The van der Waals surface area contributed by atoms with E-state index in [-0.39, 0.29) is 11.0 Å². The topological polar surface area (TPSA) is 72.6 Å². The molecular weight excluding hydrogens is 332 g/mol. The second-order valence-electron chi connectivity index (χ2n) is 4.58. The lowest BCUT2D eigenvalue weighted by molar-refractivity contribution is 0.0752. The number of rotatable bonds is 2. The largest absolute Gasteiger partial charge is 0.398 e. The minimum Gasteiger partial charge on any atom is -0.398 e. The first-order chi connectivity index (χ1) is 8.91. The van der Waals surface area contributed by atoms with Crippen molar-refractivity contribution in [3.05, 3.63) is 22.7 Å². The van der Waals surface area contributed by atoms with Gasteiger partial charge in [0.2, 0.25) is 10.0 Å². The zero-order valence-corrected chi connectivity index (χ0v) is 13.1. The molecule has 2 N–H and O–H groups in total. The van der Waals surface area contributed by atoms with Gasteiger partial charge in [-0.1, -0.05) is 0 Å². The van der Waals surface area contributed by atoms with Gasteiger partial charge in [0, 0.05) is 29.9 Å². The van der Waals surface area contributed by atoms with E-state index in [1.807, 2.05) is 6.92 Å². The predicted octanol–water partition coefficient (Wildman–Crippen LogP) is 1.83. The van der Waals surface area contributed by atoms with E-state index in [1.165, 1.54) is 10.4 Å². The molecule has 1 heterocycles. The van der Waals surface area contributed by atoms with Crippen molar-refractivity contribution in [2.75, 3.05) is 25.4 Å². The van der Waals surface area contributed by atoms with Crippen molar-refractivity contribution < 1.29 is 13.2 Å². The molecule has 1 saturated heterocycles. The molecule has 0 radical (unpaired) electrons. The van der Waals surface area contributed by atoms with Crippen LogP contribution in [0.5, 0.6) is 0 Å². The smallest absolute Gasteiger partial charge is 0.243 e. The van der Waals surface area contributed by atoms with Crippen molar-refractivity contribution >= 4 is 31.6 Å². The van der Waals surface area contributed by atoms with E-state index in [0.717, 1.165) is 0 Å². The van der Waals surface area contributed by atoms with Crippen LogP contribution in [0.1, 0.15) is 13.3 Å². The zero-order valence-electron chi connectivity index (χ0n) is 10.7. The molecule has 1 aromatic carbocycles. The number of nitrogens with zero attached hydrogens (tertiary/aromatic N) is 1. The third-order valence-electron chi connectivity index (χ3n) is 3.02. The summed E-state index contributed by atoms with van der Waals surface area (Å²) in [6.07, 6.45) is 0.620. The lowest BCUT2D eigenvalue weighted by Crippen LogP contribution is -2.35. The maximum absolute atomic E-state index is 12.6. The summed E-state index contributed by atoms with van der Waals surface area (Å²) in [5, 5.41) is 0. The molecule has 5 nitrogen and oxygen atoms in total. The number of halogens is 1. The van der Waals surface area contributed by atoms with E-state index in [4.69, 9.17) is 10.5 Å². The van der Waals surface area contributed by atoms with Gasteiger partial charge >= 0.3 is 0 Å². The number of benzene rings is 1. The third-order valence-corrected chi connectivity index (χ3v) is 5.57. The summed E-state index contributed by atoms with van der Waals surface area (Å²) in [5.41, 5.74) is 6.20. The number of hydrogen-bond donors (Lipinski definition) is 1. The Hall–Kier alpha value is -0.630. The zero-order chi connectivity index (χ0) is 14.0. The first kappa shape index (κ1) is 14.8. The highest BCUT2D eigenvalue weighted by Crippen LogP contribution is 2.26. The van der Waals surface area contributed by atoms with Gasteiger partial charge in [-0.3, -0.25) is 0 Å². The summed E-state index contributed by atoms with van der Waals surface area (Å²) in [5.74, 6) is 0. The van der Waals surface area contributed by atoms with Gasteiger partial charge < -0.3 is 10.5 Å². The molecule has 1 aliphatic rings. The van der Waals surface area contributed by atoms with E-state index in [1.54, 1.807) is 12.1 Å². The number of ether oxygens (including phenoxy) is 1. The monoisotopic (exact) mass is 348 g/mol. The molecule has 1 aliphatic heterocycles. The van der Waals surface area contributed by atoms with Gasteiger partial charge in [0.15, 0.2) is 0 Å². The molecule has 0 amide bonds. The minimum atomic E-state index is -3.49. The Morgan fingerprint density at radius 1 is 1.47 bits per heavy atom. The van der Waals surface area contributed by atoms with E-state index < -0.39 is 10.0 Å². The van der Waals surface area contributed by atoms with Crippen LogP contribution in [-0.4, -0.2) is 38.5 Å². The number of nitrogen functional groups attached to an aromatic ring is 1. The average Bonchev–Trinajstić information content (AvgIpc) is 2.57. The maximum atomic E-state index is 12.6. The van der Waals surface area contributed by atoms with E-state index in [2.05, 4.69) is 15.9 Å². The summed E-state index contributed by atoms with van der Waals surface area (Å²) in [6, 6.07) is 4.67. The van der Waals surface area contributed by atoms with Gasteiger partial charge in [-0.2, -0.15) is 4.31 Å². The summed E-state index contributed by atoms with van der Waals surface area (Å²) < 4.78 is 32.7. The fraction of sp³-hybridized carbons (Fsp3) is 0.500. The molecule has 1 unspecified atom stereocenters. The van der Waals surface area contributed by atoms with Crippen LogP contribution in [0.3, 0.4) is 0 Å². The molecule has 7 heteroatoms. The summed E-state index contributed by atoms with van der Waals surface area (Å²) >= 11 is 3.26. The predicted molar refractivity (Wildman–Crippen MR) is 77.3 cm³/mol. The molecule has 0 bridgehead atoms. The van der Waals surface area contributed by atoms with Crippen molar-refractivity contribution in [1.82, 2.24) is 4.31 Å². The van der Waals surface area contributed by atoms with Crippen molar-refractivity contribution in [3.8, 4) is 0 Å². The Morgan fingerprint density at radius 3 is 2.89 bits per heavy atom. The normalized spacial score (nSPS) is 22.1. The maximum Gasteiger partial charge on any atom is 0.243 e. The second kappa shape index (κ2) is 5.78. The highest BCUT2D eigenvalue weighted by molar-refractivity contribution is 9.10. The summed E-state index contributed by atoms with van der Waals surface area (Å²) in [7, 11) is -3.49. The SMILES string of the molecule is CC1CN(S(=O)(=O)c2ccc(N)c(Br)c2)CCCO1. The molecule has 0 saturated carbocycles. The van der Waals surface area contributed by atoms with E-state index >= 15 is 0 Å². The quantitative estimate of drug-likeness (QED) is 0.827. The molecule has 0 aromatic heterocycles. The van der Waals surface area contributed by atoms with Gasteiger partial charge in [-0.05, 0) is 47.5 Å². The molecule has 0 spiro atoms. The molecular formula is C12H17BrN2O3S. The lowest BCUT2D eigenvalue weighted by atomic mass is 10.3. The highest BCUT2D eigenvalue weighted by Gasteiger charge is 2.28. The first-order valence-electron chi connectivity index (χ1n) is 6.08. The van der Waals surface area contributed by atoms with Gasteiger partial charge in [-0.25, -0.2) is 8.42 Å². The molecule has 106 valence electrons. The van der Waals surface area contributed by atoms with E-state index in [0.29, 0.717) is 36.3 Å². The van der Waals surface area contributed by atoms with Crippen LogP contribution in [-0.2, 0) is 14.8 Å². The molecule has 1 fully saturated rings. The molecule has 2 rings (SSSR count). The second-order valence-corrected chi connectivity index (χ2v) is 7.37. The molecule has 19 heavy (non-hydrogen) atoms. The van der Waals surface area contributed by atoms with Crippen LogP contribution in [0.4, 0.5) is 5.69 Å². The van der Waals surface area contributed by atoms with Gasteiger partial charge in [0.1, 0.15) is 0 Å². The van der Waals surface area contributed by atoms with Crippen molar-refractivity contribution in [1.29, 1.82) is 0 Å². The molecule has 0 aliphatic carbocycles. The lowest BCUT2D eigenvalue weighted by Gasteiger charge is -2.21. The average molecular weight is 349 g/mol. The third kappa shape index (κ3) is 3.28. The van der Waals surface area contributed by atoms with Crippen molar-refractivity contribution in [3.63, 3.8) is 0 Å². The van der Waals surface area contributed by atoms with Crippen LogP contribution >= 0.6 is 15.9 Å². The Bertz CT molecular complexity index is 562. The van der Waals surface area contributed by atoms with Crippen molar-refractivity contribution in [2.45, 2.75) is 24.3 Å². The fourth-order valence-corrected chi connectivity index (χ4v) is 4.10. The van der Waals surface area contributed by atoms with E-state index in [9.17, 15) is 8.42 Å². The standard InChI is InChI=1S/C12H17BrN2O3S/c1-9-8-15(5-2-6-18-9)19(16,17)10-3-4-12(14)11(13)7-10/h3-4,7,9H,2,5-6,8,14H2,1H3. The minimum absolute atomic E-state index is 0.0884. The first-order valence-corrected chi connectivity index (χ1v) is 8.31. The number of hydrogen-bond acceptors (Lipinski definition) is 4. The Labute approximate surface area is 121 Å². The Morgan fingerprint density at radius 2 is 2.21 bits per heavy atom. The van der Waals surface area contributed by atoms with Gasteiger partial charge in [-0.15, -0.1) is 0 Å². The van der Waals surface area contributed by atoms with Crippen LogP contribution in [0, 0.1) is 0 Å².